The monoisotopic (exact) mass is 243 g/mol. The van der Waals surface area contributed by atoms with Crippen LogP contribution in [0.4, 0.5) is 0 Å². The van der Waals surface area contributed by atoms with Crippen LogP contribution in [0, 0.1) is 6.92 Å². The standard InChI is InChI=1S/C15H17NO2/c1-4-11-6-7-14-12(8-11)9-13(10(3)16-14)15(17)18-5-2/h6-9H,4-5H2,1-3H3. The molecule has 2 rings (SSSR count). The number of pyridine rings is 1. The fourth-order valence-electron chi connectivity index (χ4n) is 1.96. The number of benzene rings is 1. The molecule has 0 atom stereocenters. The number of aryl methyl sites for hydroxylation is 2. The first kappa shape index (κ1) is 12.6. The average molecular weight is 243 g/mol. The largest absolute Gasteiger partial charge is 0.462 e. The number of carbonyl (C=O) groups excluding carboxylic acids is 1. The molecule has 1 heterocycles. The van der Waals surface area contributed by atoms with E-state index in [0.717, 1.165) is 17.3 Å². The van der Waals surface area contributed by atoms with Crippen molar-refractivity contribution in [3.05, 3.63) is 41.1 Å². The van der Waals surface area contributed by atoms with Crippen LogP contribution in [0.1, 0.15) is 35.5 Å². The van der Waals surface area contributed by atoms with Gasteiger partial charge in [-0.05, 0) is 44.0 Å². The van der Waals surface area contributed by atoms with E-state index in [1.807, 2.05) is 19.1 Å². The molecule has 3 heteroatoms. The molecule has 0 spiro atoms. The van der Waals surface area contributed by atoms with Crippen molar-refractivity contribution in [1.82, 2.24) is 4.98 Å². The van der Waals surface area contributed by atoms with Gasteiger partial charge in [0.1, 0.15) is 0 Å². The van der Waals surface area contributed by atoms with E-state index in [9.17, 15) is 4.79 Å². The van der Waals surface area contributed by atoms with Crippen molar-refractivity contribution in [3.63, 3.8) is 0 Å². The van der Waals surface area contributed by atoms with Crippen molar-refractivity contribution >= 4 is 16.9 Å². The summed E-state index contributed by atoms with van der Waals surface area (Å²) in [5.41, 5.74) is 3.42. The number of carbonyl (C=O) groups is 1. The minimum atomic E-state index is -0.300. The molecule has 0 radical (unpaired) electrons. The quantitative estimate of drug-likeness (QED) is 0.776. The van der Waals surface area contributed by atoms with Gasteiger partial charge in [-0.1, -0.05) is 13.0 Å². The van der Waals surface area contributed by atoms with Gasteiger partial charge in [0.15, 0.2) is 0 Å². The van der Waals surface area contributed by atoms with Gasteiger partial charge in [-0.2, -0.15) is 0 Å². The Bertz CT molecular complexity index is 590. The second kappa shape index (κ2) is 5.17. The summed E-state index contributed by atoms with van der Waals surface area (Å²) in [5.74, 6) is -0.300. The Labute approximate surface area is 107 Å². The van der Waals surface area contributed by atoms with Gasteiger partial charge in [-0.15, -0.1) is 0 Å². The highest BCUT2D eigenvalue weighted by Crippen LogP contribution is 2.19. The first-order chi connectivity index (χ1) is 8.65. The van der Waals surface area contributed by atoms with Crippen LogP contribution in [-0.4, -0.2) is 17.6 Å². The van der Waals surface area contributed by atoms with Gasteiger partial charge in [-0.25, -0.2) is 4.79 Å². The van der Waals surface area contributed by atoms with Crippen molar-refractivity contribution in [1.29, 1.82) is 0 Å². The summed E-state index contributed by atoms with van der Waals surface area (Å²) in [5, 5.41) is 0.989. The first-order valence-electron chi connectivity index (χ1n) is 6.23. The van der Waals surface area contributed by atoms with Crippen LogP contribution >= 0.6 is 0 Å². The molecular formula is C15H17NO2. The number of fused-ring (bicyclic) bond motifs is 1. The normalized spacial score (nSPS) is 10.6. The summed E-state index contributed by atoms with van der Waals surface area (Å²) in [6, 6.07) is 8.01. The van der Waals surface area contributed by atoms with Crippen molar-refractivity contribution in [3.8, 4) is 0 Å². The third kappa shape index (κ3) is 2.35. The molecule has 0 amide bonds. The predicted octanol–water partition coefficient (Wildman–Crippen LogP) is 3.28. The lowest BCUT2D eigenvalue weighted by atomic mass is 10.1. The third-order valence-electron chi connectivity index (χ3n) is 2.97. The molecule has 1 aromatic heterocycles. The van der Waals surface area contributed by atoms with Crippen LogP contribution in [0.5, 0.6) is 0 Å². The molecule has 0 aliphatic rings. The molecule has 2 aromatic rings. The molecule has 0 saturated carbocycles. The van der Waals surface area contributed by atoms with Crippen molar-refractivity contribution in [2.45, 2.75) is 27.2 Å². The number of hydrogen-bond donors (Lipinski definition) is 0. The molecule has 3 nitrogen and oxygen atoms in total. The molecular weight excluding hydrogens is 226 g/mol. The fourth-order valence-corrected chi connectivity index (χ4v) is 1.96. The molecule has 0 bridgehead atoms. The second-order valence-corrected chi connectivity index (χ2v) is 4.22. The number of nitrogens with zero attached hydrogens (tertiary/aromatic N) is 1. The van der Waals surface area contributed by atoms with Crippen LogP contribution in [-0.2, 0) is 11.2 Å². The SMILES string of the molecule is CCOC(=O)c1cc2cc(CC)ccc2nc1C. The lowest BCUT2D eigenvalue weighted by Crippen LogP contribution is -2.08. The topological polar surface area (TPSA) is 39.2 Å². The van der Waals surface area contributed by atoms with E-state index in [2.05, 4.69) is 24.0 Å². The first-order valence-corrected chi connectivity index (χ1v) is 6.23. The lowest BCUT2D eigenvalue weighted by Gasteiger charge is -2.07. The highest BCUT2D eigenvalue weighted by molar-refractivity contribution is 5.95. The van der Waals surface area contributed by atoms with Gasteiger partial charge >= 0.3 is 5.97 Å². The van der Waals surface area contributed by atoms with Crippen molar-refractivity contribution in [2.75, 3.05) is 6.61 Å². The summed E-state index contributed by atoms with van der Waals surface area (Å²) in [6.07, 6.45) is 0.971. The molecule has 0 N–H and O–H groups in total. The Morgan fingerprint density at radius 1 is 1.28 bits per heavy atom. The van der Waals surface area contributed by atoms with Gasteiger partial charge < -0.3 is 4.74 Å². The Balaban J connectivity index is 2.54. The molecule has 0 fully saturated rings. The Kier molecular flexibility index (Phi) is 3.60. The third-order valence-corrected chi connectivity index (χ3v) is 2.97. The van der Waals surface area contributed by atoms with Gasteiger partial charge in [0.05, 0.1) is 23.4 Å². The summed E-state index contributed by atoms with van der Waals surface area (Å²) in [7, 11) is 0. The van der Waals surface area contributed by atoms with Crippen LogP contribution in [0.3, 0.4) is 0 Å². The van der Waals surface area contributed by atoms with Gasteiger partial charge in [-0.3, -0.25) is 4.98 Å². The second-order valence-electron chi connectivity index (χ2n) is 4.22. The van der Waals surface area contributed by atoms with E-state index in [4.69, 9.17) is 4.74 Å². The minimum absolute atomic E-state index is 0.300. The average Bonchev–Trinajstić information content (AvgIpc) is 2.37. The molecule has 94 valence electrons. The Morgan fingerprint density at radius 3 is 2.72 bits per heavy atom. The number of rotatable bonds is 3. The molecule has 0 aliphatic heterocycles. The molecule has 0 aliphatic carbocycles. The summed E-state index contributed by atoms with van der Waals surface area (Å²) in [4.78, 5) is 16.3. The zero-order valence-corrected chi connectivity index (χ0v) is 11.0. The number of esters is 1. The van der Waals surface area contributed by atoms with Gasteiger partial charge in [0.2, 0.25) is 0 Å². The number of ether oxygens (including phenoxy) is 1. The fraction of sp³-hybridized carbons (Fsp3) is 0.333. The van der Waals surface area contributed by atoms with Gasteiger partial charge in [0.25, 0.3) is 0 Å². The van der Waals surface area contributed by atoms with Crippen molar-refractivity contribution in [2.24, 2.45) is 0 Å². The summed E-state index contributed by atoms with van der Waals surface area (Å²) < 4.78 is 5.04. The maximum absolute atomic E-state index is 11.8. The van der Waals surface area contributed by atoms with E-state index in [0.29, 0.717) is 17.9 Å². The highest BCUT2D eigenvalue weighted by Gasteiger charge is 2.12. The van der Waals surface area contributed by atoms with Crippen LogP contribution < -0.4 is 0 Å². The molecule has 0 unspecified atom stereocenters. The van der Waals surface area contributed by atoms with E-state index < -0.39 is 0 Å². The van der Waals surface area contributed by atoms with Crippen LogP contribution in [0.25, 0.3) is 10.9 Å². The van der Waals surface area contributed by atoms with E-state index in [1.54, 1.807) is 6.92 Å². The lowest BCUT2D eigenvalue weighted by molar-refractivity contribution is 0.0525. The Hall–Kier alpha value is -1.90. The summed E-state index contributed by atoms with van der Waals surface area (Å²) >= 11 is 0. The molecule has 0 saturated heterocycles. The number of aromatic nitrogens is 1. The smallest absolute Gasteiger partial charge is 0.339 e. The van der Waals surface area contributed by atoms with E-state index in [1.165, 1.54) is 5.56 Å². The maximum atomic E-state index is 11.8. The summed E-state index contributed by atoms with van der Waals surface area (Å²) in [6.45, 7) is 6.12. The molecule has 1 aromatic carbocycles. The van der Waals surface area contributed by atoms with Crippen LogP contribution in [0.2, 0.25) is 0 Å². The minimum Gasteiger partial charge on any atom is -0.462 e. The van der Waals surface area contributed by atoms with Gasteiger partial charge in [0, 0.05) is 5.39 Å². The predicted molar refractivity (Wildman–Crippen MR) is 71.8 cm³/mol. The van der Waals surface area contributed by atoms with Crippen LogP contribution in [0.15, 0.2) is 24.3 Å². The number of hydrogen-bond acceptors (Lipinski definition) is 3. The Morgan fingerprint density at radius 2 is 2.06 bits per heavy atom. The molecule has 18 heavy (non-hydrogen) atoms. The maximum Gasteiger partial charge on any atom is 0.339 e. The van der Waals surface area contributed by atoms with E-state index in [-0.39, 0.29) is 5.97 Å². The van der Waals surface area contributed by atoms with E-state index >= 15 is 0 Å². The van der Waals surface area contributed by atoms with Crippen molar-refractivity contribution < 1.29 is 9.53 Å². The zero-order chi connectivity index (χ0) is 13.1. The zero-order valence-electron chi connectivity index (χ0n) is 11.0. The highest BCUT2D eigenvalue weighted by atomic mass is 16.5.